The normalized spacial score (nSPS) is 31.0. The first-order valence-electron chi connectivity index (χ1n) is 10.1. The minimum absolute atomic E-state index is 0. The first kappa shape index (κ1) is 20.2. The van der Waals surface area contributed by atoms with Crippen molar-refractivity contribution in [3.05, 3.63) is 41.0 Å². The molecule has 0 unspecified atom stereocenters. The maximum absolute atomic E-state index is 2.76. The fraction of sp³-hybridized carbons (Fsp3) is 0.636. The molecular formula is C22H30Cl2Zr. The monoisotopic (exact) mass is 454 g/mol. The van der Waals surface area contributed by atoms with Crippen LogP contribution in [-0.4, -0.2) is 0 Å². The molecule has 1 fully saturated rings. The molecule has 0 spiro atoms. The Labute approximate surface area is 170 Å². The van der Waals surface area contributed by atoms with Crippen molar-refractivity contribution in [1.29, 1.82) is 0 Å². The Morgan fingerprint density at radius 3 is 1.44 bits per heavy atom. The van der Waals surface area contributed by atoms with E-state index in [1.54, 1.807) is 19.4 Å². The number of allylic oxidation sites excluding steroid dienone is 8. The van der Waals surface area contributed by atoms with E-state index in [1.807, 2.05) is 17.7 Å². The van der Waals surface area contributed by atoms with Crippen molar-refractivity contribution in [2.75, 3.05) is 0 Å². The summed E-state index contributed by atoms with van der Waals surface area (Å²) in [6.45, 7) is 5.12. The molecule has 0 N–H and O–H groups in total. The Balaban J connectivity index is 0.000000911. The van der Waals surface area contributed by atoms with E-state index in [2.05, 4.69) is 26.0 Å². The quantitative estimate of drug-likeness (QED) is 0.577. The predicted octanol–water partition coefficient (Wildman–Crippen LogP) is 0.807. The van der Waals surface area contributed by atoms with Crippen molar-refractivity contribution < 1.29 is 45.1 Å². The third-order valence-electron chi connectivity index (χ3n) is 7.60. The molecule has 0 amide bonds. The van der Waals surface area contributed by atoms with Crippen molar-refractivity contribution in [2.45, 2.75) is 73.5 Å². The Bertz CT molecular complexity index is 635. The molecule has 4 aliphatic carbocycles. The zero-order valence-electron chi connectivity index (χ0n) is 15.6. The van der Waals surface area contributed by atoms with Gasteiger partial charge in [-0.3, -0.25) is 0 Å². The molecule has 2 atom stereocenters. The van der Waals surface area contributed by atoms with E-state index in [1.165, 1.54) is 51.4 Å². The minimum Gasteiger partial charge on any atom is -1.00 e. The van der Waals surface area contributed by atoms with Crippen molar-refractivity contribution in [2.24, 2.45) is 11.8 Å². The molecule has 1 saturated heterocycles. The van der Waals surface area contributed by atoms with Gasteiger partial charge in [0, 0.05) is 0 Å². The van der Waals surface area contributed by atoms with Crippen LogP contribution < -0.4 is 24.8 Å². The second kappa shape index (κ2) is 7.45. The predicted molar refractivity (Wildman–Crippen MR) is 95.1 cm³/mol. The van der Waals surface area contributed by atoms with E-state index in [-0.39, 0.29) is 24.8 Å². The second-order valence-corrected chi connectivity index (χ2v) is 19.4. The van der Waals surface area contributed by atoms with E-state index >= 15 is 0 Å². The standard InChI is InChI=1S/2C10H13.C2H4.2ClH.Zr/c2*1-8-6-7-9-4-2-3-5-10(8)9;1-2;;;/h2*7-8H,2-5H2,1H3;1-2H2;2*1H;/q;;;;;+2/p-2/t2*8-;;;;/m10..../s1. The average Bonchev–Trinajstić information content (AvgIpc) is 3.22. The summed E-state index contributed by atoms with van der Waals surface area (Å²) >= 11 is -2.13. The Hall–Kier alpha value is 0.423. The van der Waals surface area contributed by atoms with Crippen molar-refractivity contribution >= 4 is 0 Å². The van der Waals surface area contributed by atoms with E-state index in [9.17, 15) is 0 Å². The molecule has 0 nitrogen and oxygen atoms in total. The first-order valence-corrected chi connectivity index (χ1v) is 16.0. The van der Waals surface area contributed by atoms with Gasteiger partial charge in [-0.25, -0.2) is 0 Å². The SMILES string of the molecule is C[C@@H]1[C]([Zr+2]2([C]3=CC4=C(CCCC4)[C@H]3C)[CH2][CH2]2)=CC2=C1CCCC2.[Cl-].[Cl-]. The van der Waals surface area contributed by atoms with Gasteiger partial charge in [-0.05, 0) is 0 Å². The average molecular weight is 457 g/mol. The minimum atomic E-state index is -2.13. The number of rotatable bonds is 2. The molecule has 25 heavy (non-hydrogen) atoms. The van der Waals surface area contributed by atoms with Gasteiger partial charge in [0.15, 0.2) is 0 Å². The van der Waals surface area contributed by atoms with E-state index in [0.29, 0.717) is 0 Å². The van der Waals surface area contributed by atoms with Gasteiger partial charge < -0.3 is 24.8 Å². The maximum atomic E-state index is 2.76. The molecule has 5 aliphatic rings. The van der Waals surface area contributed by atoms with Crippen LogP contribution in [0.4, 0.5) is 0 Å². The Morgan fingerprint density at radius 1 is 0.680 bits per heavy atom. The summed E-state index contributed by atoms with van der Waals surface area (Å²) in [4.78, 5) is 0. The zero-order valence-corrected chi connectivity index (χ0v) is 19.6. The van der Waals surface area contributed by atoms with Gasteiger partial charge in [-0.2, -0.15) is 0 Å². The molecule has 0 saturated carbocycles. The molecule has 0 aromatic carbocycles. The van der Waals surface area contributed by atoms with E-state index < -0.39 is 20.3 Å². The van der Waals surface area contributed by atoms with Gasteiger partial charge in [0.1, 0.15) is 0 Å². The molecule has 0 aromatic heterocycles. The molecule has 5 rings (SSSR count). The summed E-state index contributed by atoms with van der Waals surface area (Å²) in [5.41, 5.74) is 7.28. The van der Waals surface area contributed by atoms with Crippen LogP contribution in [-0.2, 0) is 20.3 Å². The van der Waals surface area contributed by atoms with Crippen LogP contribution in [0, 0.1) is 11.8 Å². The molecule has 0 aromatic rings. The Kier molecular flexibility index (Phi) is 6.01. The zero-order chi connectivity index (χ0) is 15.6. The summed E-state index contributed by atoms with van der Waals surface area (Å²) in [5, 5.41) is 0. The summed E-state index contributed by atoms with van der Waals surface area (Å²) in [6.07, 6.45) is 16.9. The molecule has 0 radical (unpaired) electrons. The summed E-state index contributed by atoms with van der Waals surface area (Å²) in [7, 11) is 0. The topological polar surface area (TPSA) is 0 Å². The van der Waals surface area contributed by atoms with Crippen molar-refractivity contribution in [1.82, 2.24) is 0 Å². The van der Waals surface area contributed by atoms with Crippen LogP contribution >= 0.6 is 0 Å². The molecule has 3 heteroatoms. The van der Waals surface area contributed by atoms with Crippen LogP contribution in [0.5, 0.6) is 0 Å². The number of hydrogen-bond acceptors (Lipinski definition) is 0. The van der Waals surface area contributed by atoms with Crippen LogP contribution in [0.25, 0.3) is 0 Å². The van der Waals surface area contributed by atoms with Gasteiger partial charge in [-0.1, -0.05) is 0 Å². The smallest absolute Gasteiger partial charge is 1.00 e. The number of hydrogen-bond donors (Lipinski definition) is 0. The Morgan fingerprint density at radius 2 is 1.08 bits per heavy atom. The van der Waals surface area contributed by atoms with Gasteiger partial charge in [-0.15, -0.1) is 0 Å². The summed E-state index contributed by atoms with van der Waals surface area (Å²) in [5.74, 6) is 1.66. The van der Waals surface area contributed by atoms with Crippen molar-refractivity contribution in [3.8, 4) is 0 Å². The van der Waals surface area contributed by atoms with Crippen LogP contribution in [0.3, 0.4) is 0 Å². The van der Waals surface area contributed by atoms with Crippen molar-refractivity contribution in [3.63, 3.8) is 0 Å². The van der Waals surface area contributed by atoms with Gasteiger partial charge in [0.05, 0.1) is 0 Å². The van der Waals surface area contributed by atoms with Gasteiger partial charge in [0.25, 0.3) is 0 Å². The largest absolute Gasteiger partial charge is 1.00 e. The van der Waals surface area contributed by atoms with Gasteiger partial charge in [0.2, 0.25) is 0 Å². The second-order valence-electron chi connectivity index (χ2n) is 8.74. The first-order chi connectivity index (χ1) is 11.2. The molecule has 0 bridgehead atoms. The van der Waals surface area contributed by atoms with Gasteiger partial charge >= 0.3 is 147 Å². The van der Waals surface area contributed by atoms with Crippen LogP contribution in [0.1, 0.15) is 65.2 Å². The third kappa shape index (κ3) is 3.05. The van der Waals surface area contributed by atoms with E-state index in [0.717, 1.165) is 11.8 Å². The molecule has 1 aliphatic heterocycles. The van der Waals surface area contributed by atoms with Crippen LogP contribution in [0.15, 0.2) is 41.0 Å². The van der Waals surface area contributed by atoms with E-state index in [4.69, 9.17) is 0 Å². The maximum Gasteiger partial charge on any atom is -1.00 e. The molecule has 1 heterocycles. The summed E-state index contributed by atoms with van der Waals surface area (Å²) in [6, 6.07) is 0. The third-order valence-corrected chi connectivity index (χ3v) is 19.6. The number of halogens is 2. The van der Waals surface area contributed by atoms with Crippen LogP contribution in [0.2, 0.25) is 8.26 Å². The molecular weight excluding hydrogens is 426 g/mol. The fourth-order valence-electron chi connectivity index (χ4n) is 6.20. The summed E-state index contributed by atoms with van der Waals surface area (Å²) < 4.78 is 7.29. The molecule has 136 valence electrons. The fourth-order valence-corrected chi connectivity index (χ4v) is 21.3.